The number of carboxylic acids is 1. The zero-order valence-electron chi connectivity index (χ0n) is 7.90. The minimum absolute atomic E-state index is 0.425. The lowest BCUT2D eigenvalue weighted by Crippen LogP contribution is -2.53. The zero-order valence-corrected chi connectivity index (χ0v) is 7.90. The van der Waals surface area contributed by atoms with Gasteiger partial charge in [-0.05, 0) is 12.1 Å². The minimum atomic E-state index is -0.815. The minimum Gasteiger partial charge on any atom is -0.481 e. The normalized spacial score (nSPS) is 21.2. The van der Waals surface area contributed by atoms with E-state index in [0.717, 1.165) is 0 Å². The molecule has 0 amide bonds. The molecule has 1 aromatic heterocycles. The van der Waals surface area contributed by atoms with Crippen molar-refractivity contribution in [1.29, 1.82) is 0 Å². The molecule has 2 heterocycles. The van der Waals surface area contributed by atoms with Crippen LogP contribution in [0.15, 0.2) is 22.8 Å². The molecule has 76 valence electrons. The lowest BCUT2D eigenvalue weighted by molar-refractivity contribution is -0.157. The second-order valence-corrected chi connectivity index (χ2v) is 3.69. The van der Waals surface area contributed by atoms with Crippen molar-refractivity contribution in [2.24, 2.45) is 5.92 Å². The van der Waals surface area contributed by atoms with Gasteiger partial charge in [-0.25, -0.2) is 0 Å². The first-order valence-corrected chi connectivity index (χ1v) is 4.51. The summed E-state index contributed by atoms with van der Waals surface area (Å²) in [5.41, 5.74) is -0.463. The SMILES string of the molecule is CC(C(=O)O)C1(c2ccco2)COC1. The maximum atomic E-state index is 10.9. The molecule has 4 nitrogen and oxygen atoms in total. The summed E-state index contributed by atoms with van der Waals surface area (Å²) in [7, 11) is 0. The van der Waals surface area contributed by atoms with Gasteiger partial charge < -0.3 is 14.3 Å². The van der Waals surface area contributed by atoms with Crippen LogP contribution in [0.1, 0.15) is 12.7 Å². The molecule has 1 fully saturated rings. The third-order valence-corrected chi connectivity index (χ3v) is 2.93. The lowest BCUT2D eigenvalue weighted by Gasteiger charge is -2.42. The number of carboxylic acid groups (broad SMARTS) is 1. The predicted octanol–water partition coefficient (Wildman–Crippen LogP) is 1.27. The number of hydrogen-bond acceptors (Lipinski definition) is 3. The maximum absolute atomic E-state index is 10.9. The lowest BCUT2D eigenvalue weighted by atomic mass is 9.72. The molecule has 1 aliphatic heterocycles. The first-order valence-electron chi connectivity index (χ1n) is 4.51. The predicted molar refractivity (Wildman–Crippen MR) is 48.0 cm³/mol. The van der Waals surface area contributed by atoms with Gasteiger partial charge in [0.25, 0.3) is 0 Å². The standard InChI is InChI=1S/C10H12O4/c1-7(9(11)12)10(5-13-6-10)8-3-2-4-14-8/h2-4,7H,5-6H2,1H3,(H,11,12). The molecule has 1 aromatic rings. The molecule has 1 atom stereocenters. The Kier molecular flexibility index (Phi) is 2.07. The van der Waals surface area contributed by atoms with E-state index in [1.165, 1.54) is 0 Å². The second-order valence-electron chi connectivity index (χ2n) is 3.69. The summed E-state index contributed by atoms with van der Waals surface area (Å²) in [6.45, 7) is 2.54. The van der Waals surface area contributed by atoms with Crippen molar-refractivity contribution in [2.45, 2.75) is 12.3 Å². The second kappa shape index (κ2) is 3.13. The van der Waals surface area contributed by atoms with Crippen LogP contribution in [0.4, 0.5) is 0 Å². The molecule has 4 heteroatoms. The van der Waals surface area contributed by atoms with Crippen LogP contribution in [-0.4, -0.2) is 24.3 Å². The fourth-order valence-electron chi connectivity index (χ4n) is 1.73. The first kappa shape index (κ1) is 9.27. The van der Waals surface area contributed by atoms with E-state index in [0.29, 0.717) is 19.0 Å². The number of rotatable bonds is 3. The summed E-state index contributed by atoms with van der Waals surface area (Å²) >= 11 is 0. The molecular weight excluding hydrogens is 184 g/mol. The number of aliphatic carboxylic acids is 1. The molecule has 1 saturated heterocycles. The van der Waals surface area contributed by atoms with Crippen molar-refractivity contribution in [3.05, 3.63) is 24.2 Å². The molecule has 14 heavy (non-hydrogen) atoms. The monoisotopic (exact) mass is 196 g/mol. The summed E-state index contributed by atoms with van der Waals surface area (Å²) in [6, 6.07) is 3.58. The van der Waals surface area contributed by atoms with Gasteiger partial charge in [0, 0.05) is 0 Å². The Labute approximate surface area is 81.5 Å². The van der Waals surface area contributed by atoms with E-state index >= 15 is 0 Å². The summed E-state index contributed by atoms with van der Waals surface area (Å²) < 4.78 is 10.4. The molecule has 0 bridgehead atoms. The molecule has 1 unspecified atom stereocenters. The highest BCUT2D eigenvalue weighted by Gasteiger charge is 2.50. The maximum Gasteiger partial charge on any atom is 0.307 e. The number of hydrogen-bond donors (Lipinski definition) is 1. The van der Waals surface area contributed by atoms with Gasteiger partial charge in [0.05, 0.1) is 30.8 Å². The van der Waals surface area contributed by atoms with Gasteiger partial charge in [-0.2, -0.15) is 0 Å². The topological polar surface area (TPSA) is 59.7 Å². The van der Waals surface area contributed by atoms with Crippen LogP contribution in [-0.2, 0) is 14.9 Å². The highest BCUT2D eigenvalue weighted by atomic mass is 16.5. The van der Waals surface area contributed by atoms with Crippen molar-refractivity contribution < 1.29 is 19.1 Å². The highest BCUT2D eigenvalue weighted by Crippen LogP contribution is 2.39. The largest absolute Gasteiger partial charge is 0.481 e. The third kappa shape index (κ3) is 1.14. The molecule has 2 rings (SSSR count). The molecule has 0 aromatic carbocycles. The van der Waals surface area contributed by atoms with Gasteiger partial charge >= 0.3 is 5.97 Å². The van der Waals surface area contributed by atoms with Gasteiger partial charge in [-0.3, -0.25) is 4.79 Å². The van der Waals surface area contributed by atoms with E-state index in [1.54, 1.807) is 19.3 Å². The molecule has 0 radical (unpaired) electrons. The van der Waals surface area contributed by atoms with Gasteiger partial charge in [-0.1, -0.05) is 6.92 Å². The van der Waals surface area contributed by atoms with Crippen molar-refractivity contribution in [2.75, 3.05) is 13.2 Å². The summed E-state index contributed by atoms with van der Waals surface area (Å²) in [4.78, 5) is 10.9. The molecule has 1 aliphatic rings. The Morgan fingerprint density at radius 3 is 2.71 bits per heavy atom. The summed E-state index contributed by atoms with van der Waals surface area (Å²) in [6.07, 6.45) is 1.56. The average Bonchev–Trinajstić information content (AvgIpc) is 2.55. The van der Waals surface area contributed by atoms with Crippen LogP contribution < -0.4 is 0 Å². The van der Waals surface area contributed by atoms with E-state index in [9.17, 15) is 4.79 Å². The van der Waals surface area contributed by atoms with Crippen molar-refractivity contribution >= 4 is 5.97 Å². The van der Waals surface area contributed by atoms with Crippen molar-refractivity contribution in [3.8, 4) is 0 Å². The Hall–Kier alpha value is -1.29. The number of carbonyl (C=O) groups is 1. The zero-order chi connectivity index (χ0) is 10.2. The smallest absolute Gasteiger partial charge is 0.307 e. The van der Waals surface area contributed by atoms with E-state index in [-0.39, 0.29) is 0 Å². The fraction of sp³-hybridized carbons (Fsp3) is 0.500. The molecular formula is C10H12O4. The Balaban J connectivity index is 2.31. The van der Waals surface area contributed by atoms with Crippen LogP contribution in [0.3, 0.4) is 0 Å². The number of ether oxygens (including phenoxy) is 1. The highest BCUT2D eigenvalue weighted by molar-refractivity contribution is 5.72. The van der Waals surface area contributed by atoms with Crippen LogP contribution in [0.5, 0.6) is 0 Å². The summed E-state index contributed by atoms with van der Waals surface area (Å²) in [5.74, 6) is -0.592. The quantitative estimate of drug-likeness (QED) is 0.790. The van der Waals surface area contributed by atoms with Crippen LogP contribution in [0.25, 0.3) is 0 Å². The first-order chi connectivity index (χ1) is 6.67. The van der Waals surface area contributed by atoms with Crippen LogP contribution in [0.2, 0.25) is 0 Å². The van der Waals surface area contributed by atoms with Crippen molar-refractivity contribution in [1.82, 2.24) is 0 Å². The molecule has 0 spiro atoms. The van der Waals surface area contributed by atoms with Gasteiger partial charge in [-0.15, -0.1) is 0 Å². The van der Waals surface area contributed by atoms with E-state index in [1.807, 2.05) is 6.07 Å². The van der Waals surface area contributed by atoms with Gasteiger partial charge in [0.2, 0.25) is 0 Å². The van der Waals surface area contributed by atoms with E-state index in [2.05, 4.69) is 0 Å². The third-order valence-electron chi connectivity index (χ3n) is 2.93. The number of furan rings is 1. The fourth-order valence-corrected chi connectivity index (χ4v) is 1.73. The summed E-state index contributed by atoms with van der Waals surface area (Å²) in [5, 5.41) is 8.98. The van der Waals surface area contributed by atoms with E-state index in [4.69, 9.17) is 14.3 Å². The molecule has 1 N–H and O–H groups in total. The average molecular weight is 196 g/mol. The van der Waals surface area contributed by atoms with Gasteiger partial charge in [0.1, 0.15) is 5.76 Å². The molecule has 0 aliphatic carbocycles. The van der Waals surface area contributed by atoms with Crippen molar-refractivity contribution in [3.63, 3.8) is 0 Å². The Morgan fingerprint density at radius 1 is 1.64 bits per heavy atom. The van der Waals surface area contributed by atoms with Gasteiger partial charge in [0.15, 0.2) is 0 Å². The van der Waals surface area contributed by atoms with E-state index < -0.39 is 17.3 Å². The Morgan fingerprint density at radius 2 is 2.36 bits per heavy atom. The van der Waals surface area contributed by atoms with Crippen LogP contribution >= 0.6 is 0 Å². The Bertz CT molecular complexity index is 324. The van der Waals surface area contributed by atoms with Crippen LogP contribution in [0, 0.1) is 5.92 Å². The molecule has 0 saturated carbocycles.